The second-order valence-corrected chi connectivity index (χ2v) is 6.74. The van der Waals surface area contributed by atoms with Crippen LogP contribution < -0.4 is 5.32 Å². The van der Waals surface area contributed by atoms with Crippen LogP contribution >= 0.6 is 0 Å². The lowest BCUT2D eigenvalue weighted by molar-refractivity contribution is -0.0158. The van der Waals surface area contributed by atoms with Crippen molar-refractivity contribution < 1.29 is 14.6 Å². The zero-order chi connectivity index (χ0) is 17.4. The van der Waals surface area contributed by atoms with Gasteiger partial charge in [-0.05, 0) is 45.1 Å². The van der Waals surface area contributed by atoms with Gasteiger partial charge in [-0.1, -0.05) is 30.3 Å². The van der Waals surface area contributed by atoms with Gasteiger partial charge < -0.3 is 20.1 Å². The Kier molecular flexibility index (Phi) is 7.53. The summed E-state index contributed by atoms with van der Waals surface area (Å²) < 4.78 is 5.85. The number of hydrogen-bond acceptors (Lipinski definition) is 3. The molecule has 0 bridgehead atoms. The smallest absolute Gasteiger partial charge is 0.317 e. The topological polar surface area (TPSA) is 61.8 Å². The molecule has 0 saturated heterocycles. The first-order valence-corrected chi connectivity index (χ1v) is 8.94. The maximum absolute atomic E-state index is 12.5. The second kappa shape index (κ2) is 9.64. The van der Waals surface area contributed by atoms with Crippen LogP contribution in [0.3, 0.4) is 0 Å². The van der Waals surface area contributed by atoms with Crippen LogP contribution in [0.4, 0.5) is 4.79 Å². The van der Waals surface area contributed by atoms with E-state index in [4.69, 9.17) is 4.74 Å². The number of carbonyl (C=O) groups is 1. The number of amides is 2. The van der Waals surface area contributed by atoms with E-state index in [9.17, 15) is 9.90 Å². The van der Waals surface area contributed by atoms with Gasteiger partial charge in [-0.3, -0.25) is 0 Å². The number of carbonyl (C=O) groups excluding carboxylic acids is 1. The molecule has 2 N–H and O–H groups in total. The lowest BCUT2D eigenvalue weighted by Gasteiger charge is -2.32. The zero-order valence-corrected chi connectivity index (χ0v) is 14.8. The van der Waals surface area contributed by atoms with Gasteiger partial charge in [0.05, 0.1) is 18.8 Å². The summed E-state index contributed by atoms with van der Waals surface area (Å²) in [7, 11) is 0. The summed E-state index contributed by atoms with van der Waals surface area (Å²) in [6.45, 7) is 4.94. The van der Waals surface area contributed by atoms with Crippen LogP contribution in [-0.2, 0) is 11.3 Å². The van der Waals surface area contributed by atoms with Crippen molar-refractivity contribution in [1.82, 2.24) is 10.2 Å². The predicted molar refractivity (Wildman–Crippen MR) is 94.7 cm³/mol. The molecule has 0 atom stereocenters. The molecule has 2 amide bonds. The van der Waals surface area contributed by atoms with Crippen molar-refractivity contribution in [2.75, 3.05) is 13.2 Å². The number of aliphatic hydroxyl groups excluding tert-OH is 1. The molecule has 0 aromatic heterocycles. The number of nitrogens with zero attached hydrogens (tertiary/aromatic N) is 1. The summed E-state index contributed by atoms with van der Waals surface area (Å²) in [6.07, 6.45) is 4.44. The molecule has 5 heteroatoms. The highest BCUT2D eigenvalue weighted by Gasteiger charge is 2.25. The summed E-state index contributed by atoms with van der Waals surface area (Å²) in [4.78, 5) is 14.2. The minimum absolute atomic E-state index is 0.0325. The third-order valence-electron chi connectivity index (χ3n) is 4.34. The number of benzene rings is 1. The van der Waals surface area contributed by atoms with Gasteiger partial charge in [0.25, 0.3) is 0 Å². The Hall–Kier alpha value is -1.59. The van der Waals surface area contributed by atoms with Crippen LogP contribution in [0.5, 0.6) is 0 Å². The highest BCUT2D eigenvalue weighted by molar-refractivity contribution is 5.74. The Bertz CT molecular complexity index is 485. The maximum atomic E-state index is 12.5. The molecule has 134 valence electrons. The Labute approximate surface area is 145 Å². The van der Waals surface area contributed by atoms with Gasteiger partial charge in [0.2, 0.25) is 0 Å². The highest BCUT2D eigenvalue weighted by Crippen LogP contribution is 2.22. The third kappa shape index (κ3) is 6.13. The summed E-state index contributed by atoms with van der Waals surface area (Å²) in [5.74, 6) is 0. The van der Waals surface area contributed by atoms with Crippen LogP contribution in [0, 0.1) is 0 Å². The molecule has 1 saturated carbocycles. The van der Waals surface area contributed by atoms with Crippen LogP contribution in [0.2, 0.25) is 0 Å². The van der Waals surface area contributed by atoms with Crippen LogP contribution in [0.1, 0.15) is 45.1 Å². The van der Waals surface area contributed by atoms with Crippen LogP contribution in [0.25, 0.3) is 0 Å². The largest absolute Gasteiger partial charge is 0.395 e. The van der Waals surface area contributed by atoms with E-state index >= 15 is 0 Å². The molecule has 1 aliphatic carbocycles. The van der Waals surface area contributed by atoms with Crippen molar-refractivity contribution in [2.24, 2.45) is 0 Å². The van der Waals surface area contributed by atoms with Gasteiger partial charge >= 0.3 is 6.03 Å². The van der Waals surface area contributed by atoms with E-state index in [0.29, 0.717) is 19.2 Å². The number of nitrogens with one attached hydrogen (secondary N) is 1. The molecule has 1 aliphatic rings. The fourth-order valence-electron chi connectivity index (χ4n) is 3.17. The normalized spacial score (nSPS) is 20.8. The lowest BCUT2D eigenvalue weighted by Crippen LogP contribution is -2.47. The number of aliphatic hydroxyl groups is 1. The van der Waals surface area contributed by atoms with Gasteiger partial charge in [0.15, 0.2) is 0 Å². The number of ether oxygens (including phenoxy) is 1. The average Bonchev–Trinajstić information content (AvgIpc) is 2.57. The van der Waals surface area contributed by atoms with Crippen molar-refractivity contribution in [3.63, 3.8) is 0 Å². The minimum atomic E-state index is -0.0962. The summed E-state index contributed by atoms with van der Waals surface area (Å²) in [5, 5.41) is 12.4. The zero-order valence-electron chi connectivity index (χ0n) is 14.8. The Morgan fingerprint density at radius 2 is 1.92 bits per heavy atom. The monoisotopic (exact) mass is 334 g/mol. The molecule has 1 fully saturated rings. The van der Waals surface area contributed by atoms with Gasteiger partial charge in [-0.2, -0.15) is 0 Å². The fraction of sp³-hybridized carbons (Fsp3) is 0.632. The molecule has 0 radical (unpaired) electrons. The maximum Gasteiger partial charge on any atom is 0.317 e. The van der Waals surface area contributed by atoms with E-state index in [0.717, 1.165) is 31.2 Å². The Balaban J connectivity index is 1.82. The Morgan fingerprint density at radius 3 is 2.50 bits per heavy atom. The van der Waals surface area contributed by atoms with E-state index in [1.54, 1.807) is 4.90 Å². The van der Waals surface area contributed by atoms with E-state index in [1.165, 1.54) is 0 Å². The Morgan fingerprint density at radius 1 is 1.25 bits per heavy atom. The molecular weight excluding hydrogens is 304 g/mol. The van der Waals surface area contributed by atoms with Crippen molar-refractivity contribution >= 4 is 6.03 Å². The molecule has 24 heavy (non-hydrogen) atoms. The number of hydrogen-bond donors (Lipinski definition) is 2. The van der Waals surface area contributed by atoms with Crippen molar-refractivity contribution in [2.45, 2.75) is 64.3 Å². The molecule has 0 spiro atoms. The average molecular weight is 334 g/mol. The first-order valence-electron chi connectivity index (χ1n) is 8.94. The molecule has 1 aromatic carbocycles. The quantitative estimate of drug-likeness (QED) is 0.806. The molecular formula is C19H30N2O3. The minimum Gasteiger partial charge on any atom is -0.395 e. The number of rotatable bonds is 7. The van der Waals surface area contributed by atoms with Crippen molar-refractivity contribution in [3.8, 4) is 0 Å². The van der Waals surface area contributed by atoms with Crippen LogP contribution in [-0.4, -0.2) is 47.4 Å². The summed E-state index contributed by atoms with van der Waals surface area (Å²) in [5.41, 5.74) is 1.06. The summed E-state index contributed by atoms with van der Waals surface area (Å²) >= 11 is 0. The number of urea groups is 1. The van der Waals surface area contributed by atoms with E-state index < -0.39 is 0 Å². The van der Waals surface area contributed by atoms with Crippen LogP contribution in [0.15, 0.2) is 30.3 Å². The molecule has 0 unspecified atom stereocenters. The molecule has 1 aromatic rings. The second-order valence-electron chi connectivity index (χ2n) is 6.74. The molecule has 2 rings (SSSR count). The van der Waals surface area contributed by atoms with Crippen molar-refractivity contribution in [1.29, 1.82) is 0 Å². The lowest BCUT2D eigenvalue weighted by atomic mass is 9.93. The first-order chi connectivity index (χ1) is 11.6. The standard InChI is InChI=1S/C19H30N2O3/c1-15(2)24-18-10-8-17(9-11-18)20-19(23)21(12-13-22)14-16-6-4-3-5-7-16/h3-7,15,17-18,22H,8-14H2,1-2H3,(H,20,23). The predicted octanol–water partition coefficient (Wildman–Crippen LogP) is 2.93. The van der Waals surface area contributed by atoms with Gasteiger partial charge in [0.1, 0.15) is 0 Å². The van der Waals surface area contributed by atoms with E-state index in [1.807, 2.05) is 30.3 Å². The molecule has 0 aliphatic heterocycles. The fourth-order valence-corrected chi connectivity index (χ4v) is 3.17. The highest BCUT2D eigenvalue weighted by atomic mass is 16.5. The van der Waals surface area contributed by atoms with Crippen molar-refractivity contribution in [3.05, 3.63) is 35.9 Å². The van der Waals surface area contributed by atoms with Gasteiger partial charge in [-0.25, -0.2) is 4.79 Å². The molecule has 0 heterocycles. The van der Waals surface area contributed by atoms with E-state index in [-0.39, 0.29) is 24.8 Å². The van der Waals surface area contributed by atoms with Gasteiger partial charge in [-0.15, -0.1) is 0 Å². The molecule has 5 nitrogen and oxygen atoms in total. The van der Waals surface area contributed by atoms with Gasteiger partial charge in [0, 0.05) is 19.1 Å². The van der Waals surface area contributed by atoms with E-state index in [2.05, 4.69) is 19.2 Å². The first kappa shape index (κ1) is 18.7. The summed E-state index contributed by atoms with van der Waals surface area (Å²) in [6, 6.07) is 9.96. The SMILES string of the molecule is CC(C)OC1CCC(NC(=O)N(CCO)Cc2ccccc2)CC1. The third-order valence-corrected chi connectivity index (χ3v) is 4.34.